The number of phenols is 1. The molecule has 0 aliphatic carbocycles. The van der Waals surface area contributed by atoms with Crippen molar-refractivity contribution in [1.29, 1.82) is 0 Å². The molecule has 3 heterocycles. The van der Waals surface area contributed by atoms with Crippen molar-refractivity contribution in [2.75, 3.05) is 49.6 Å². The van der Waals surface area contributed by atoms with E-state index in [-0.39, 0.29) is 33.2 Å². The van der Waals surface area contributed by atoms with Crippen LogP contribution >= 0.6 is 23.2 Å². The van der Waals surface area contributed by atoms with Gasteiger partial charge in [0.1, 0.15) is 11.6 Å². The van der Waals surface area contributed by atoms with Crippen molar-refractivity contribution in [2.45, 2.75) is 6.54 Å². The van der Waals surface area contributed by atoms with Gasteiger partial charge >= 0.3 is 0 Å². The van der Waals surface area contributed by atoms with Crippen LogP contribution in [0, 0.1) is 0 Å². The SMILES string of the molecule is CS(=O)(=O)N1CCN(CCn2cccc(-c3ccc(C(=O)Nc4c(O)cc(Cl)cc4C(=O)Nc4ccc(Cl)cn4)cc3)c2=O)CC1. The minimum Gasteiger partial charge on any atom is -0.506 e. The fourth-order valence-corrected chi connectivity index (χ4v) is 6.14. The lowest BCUT2D eigenvalue weighted by atomic mass is 10.0. The molecule has 1 aliphatic heterocycles. The van der Waals surface area contributed by atoms with Gasteiger partial charge < -0.3 is 20.3 Å². The molecule has 4 aromatic rings. The van der Waals surface area contributed by atoms with Crippen LogP contribution in [0.15, 0.2) is 77.9 Å². The lowest BCUT2D eigenvalue weighted by molar-refractivity contribution is 0.102. The quantitative estimate of drug-likeness (QED) is 0.224. The Morgan fingerprint density at radius 1 is 0.913 bits per heavy atom. The number of pyridine rings is 2. The van der Waals surface area contributed by atoms with Gasteiger partial charge in [-0.25, -0.2) is 13.4 Å². The molecule has 1 aliphatic rings. The predicted octanol–water partition coefficient (Wildman–Crippen LogP) is 4.00. The number of phenolic OH excluding ortho intramolecular Hbond substituents is 1. The fourth-order valence-electron chi connectivity index (χ4n) is 4.99. The minimum atomic E-state index is -3.22. The molecule has 3 N–H and O–H groups in total. The van der Waals surface area contributed by atoms with E-state index in [0.29, 0.717) is 55.4 Å². The van der Waals surface area contributed by atoms with Crippen LogP contribution in [0.5, 0.6) is 5.75 Å². The molecule has 2 amide bonds. The molecule has 12 nitrogen and oxygen atoms in total. The molecular formula is C31H30Cl2N6O6S. The zero-order chi connectivity index (χ0) is 33.0. The molecule has 1 fully saturated rings. The average molecular weight is 686 g/mol. The number of aromatic hydroxyl groups is 1. The normalized spacial score (nSPS) is 14.2. The van der Waals surface area contributed by atoms with Crippen LogP contribution in [0.2, 0.25) is 10.0 Å². The van der Waals surface area contributed by atoms with E-state index in [4.69, 9.17) is 23.2 Å². The molecule has 0 bridgehead atoms. The Morgan fingerprint density at radius 3 is 2.28 bits per heavy atom. The summed E-state index contributed by atoms with van der Waals surface area (Å²) in [7, 11) is -3.22. The van der Waals surface area contributed by atoms with Crippen molar-refractivity contribution < 1.29 is 23.1 Å². The van der Waals surface area contributed by atoms with Crippen LogP contribution in [0.3, 0.4) is 0 Å². The maximum Gasteiger partial charge on any atom is 0.259 e. The number of sulfonamides is 1. The van der Waals surface area contributed by atoms with Gasteiger partial charge in [0.15, 0.2) is 0 Å². The number of halogens is 2. The molecule has 15 heteroatoms. The van der Waals surface area contributed by atoms with Crippen molar-refractivity contribution in [3.8, 4) is 16.9 Å². The second-order valence-corrected chi connectivity index (χ2v) is 13.5. The number of nitrogens with one attached hydrogen (secondary N) is 2. The number of amides is 2. The summed E-state index contributed by atoms with van der Waals surface area (Å²) in [4.78, 5) is 45.6. The zero-order valence-corrected chi connectivity index (χ0v) is 26.9. The van der Waals surface area contributed by atoms with E-state index >= 15 is 0 Å². The number of carbonyl (C=O) groups excluding carboxylic acids is 2. The van der Waals surface area contributed by atoms with Crippen LogP contribution in [0.1, 0.15) is 20.7 Å². The second kappa shape index (κ2) is 14.0. The molecule has 46 heavy (non-hydrogen) atoms. The Morgan fingerprint density at radius 2 is 1.63 bits per heavy atom. The summed E-state index contributed by atoms with van der Waals surface area (Å²) in [5, 5.41) is 16.2. The van der Waals surface area contributed by atoms with Gasteiger partial charge in [-0.2, -0.15) is 4.31 Å². The van der Waals surface area contributed by atoms with Gasteiger partial charge in [0, 0.05) is 73.9 Å². The van der Waals surface area contributed by atoms with Gasteiger partial charge in [-0.05, 0) is 48.0 Å². The first-order valence-corrected chi connectivity index (χ1v) is 16.7. The van der Waals surface area contributed by atoms with Gasteiger partial charge in [-0.3, -0.25) is 19.3 Å². The lowest BCUT2D eigenvalue weighted by Gasteiger charge is -2.33. The van der Waals surface area contributed by atoms with Crippen molar-refractivity contribution in [1.82, 2.24) is 18.8 Å². The van der Waals surface area contributed by atoms with Crippen molar-refractivity contribution in [2.24, 2.45) is 0 Å². The molecule has 0 saturated carbocycles. The van der Waals surface area contributed by atoms with Crippen LogP contribution in [-0.2, 0) is 16.6 Å². The average Bonchev–Trinajstić information content (AvgIpc) is 3.02. The van der Waals surface area contributed by atoms with Gasteiger partial charge in [0.25, 0.3) is 17.4 Å². The maximum atomic E-state index is 13.3. The van der Waals surface area contributed by atoms with Crippen molar-refractivity contribution in [3.05, 3.63) is 105 Å². The third-order valence-electron chi connectivity index (χ3n) is 7.47. The maximum absolute atomic E-state index is 13.3. The smallest absolute Gasteiger partial charge is 0.259 e. The number of benzene rings is 2. The first kappa shape index (κ1) is 33.1. The Labute approximate surface area is 275 Å². The largest absolute Gasteiger partial charge is 0.506 e. The summed E-state index contributed by atoms with van der Waals surface area (Å²) in [6, 6.07) is 15.4. The molecule has 0 atom stereocenters. The summed E-state index contributed by atoms with van der Waals surface area (Å²) in [6.07, 6.45) is 4.27. The third-order valence-corrected chi connectivity index (χ3v) is 9.22. The fraction of sp³-hybridized carbons (Fsp3) is 0.226. The number of anilines is 2. The molecule has 0 spiro atoms. The summed E-state index contributed by atoms with van der Waals surface area (Å²) < 4.78 is 26.6. The Balaban J connectivity index is 1.27. The van der Waals surface area contributed by atoms with Crippen molar-refractivity contribution >= 4 is 56.5 Å². The van der Waals surface area contributed by atoms with Gasteiger partial charge in [-0.1, -0.05) is 35.3 Å². The van der Waals surface area contributed by atoms with Gasteiger partial charge in [-0.15, -0.1) is 0 Å². The Hall–Kier alpha value is -4.27. The molecule has 240 valence electrons. The van der Waals surface area contributed by atoms with Crippen LogP contribution in [0.25, 0.3) is 11.1 Å². The number of carbonyl (C=O) groups is 2. The van der Waals surface area contributed by atoms with E-state index in [0.717, 1.165) is 0 Å². The van der Waals surface area contributed by atoms with Crippen LogP contribution in [0.4, 0.5) is 11.5 Å². The molecule has 0 unspecified atom stereocenters. The van der Waals surface area contributed by atoms with Crippen molar-refractivity contribution in [3.63, 3.8) is 0 Å². The summed E-state index contributed by atoms with van der Waals surface area (Å²) in [5.41, 5.74) is 0.825. The molecule has 1 saturated heterocycles. The molecular weight excluding hydrogens is 655 g/mol. The van der Waals surface area contributed by atoms with E-state index in [9.17, 15) is 27.9 Å². The molecule has 2 aromatic carbocycles. The highest BCUT2D eigenvalue weighted by Crippen LogP contribution is 2.33. The minimum absolute atomic E-state index is 0.0807. The summed E-state index contributed by atoms with van der Waals surface area (Å²) in [6.45, 7) is 3.03. The topological polar surface area (TPSA) is 154 Å². The van der Waals surface area contributed by atoms with E-state index < -0.39 is 27.6 Å². The number of nitrogens with zero attached hydrogens (tertiary/aromatic N) is 4. The highest BCUT2D eigenvalue weighted by Gasteiger charge is 2.23. The van der Waals surface area contributed by atoms with E-state index in [1.165, 1.54) is 47.1 Å². The Kier molecular flexibility index (Phi) is 10.1. The molecule has 5 rings (SSSR count). The monoisotopic (exact) mass is 684 g/mol. The lowest BCUT2D eigenvalue weighted by Crippen LogP contribution is -2.49. The standard InChI is InChI=1S/C31H30Cl2N6O6S/c1-46(44,45)39-15-12-37(13-16-39)11-14-38-10-2-3-24(31(38)43)20-4-6-21(7-5-20)29(41)36-28-25(17-23(33)18-26(28)40)30(42)35-27-9-8-22(32)19-34-27/h2-10,17-19,40H,11-16H2,1H3,(H,36,41)(H,34,35,42). The van der Waals surface area contributed by atoms with Gasteiger partial charge in [0.2, 0.25) is 10.0 Å². The first-order valence-electron chi connectivity index (χ1n) is 14.1. The van der Waals surface area contributed by atoms with E-state index in [1.54, 1.807) is 41.1 Å². The first-order chi connectivity index (χ1) is 21.9. The number of hydrogen-bond acceptors (Lipinski definition) is 8. The molecule has 2 aromatic heterocycles. The summed E-state index contributed by atoms with van der Waals surface area (Å²) in [5.74, 6) is -1.48. The number of hydrogen-bond donors (Lipinski definition) is 3. The predicted molar refractivity (Wildman–Crippen MR) is 177 cm³/mol. The highest BCUT2D eigenvalue weighted by atomic mass is 35.5. The Bertz CT molecular complexity index is 1930. The number of aromatic nitrogens is 2. The van der Waals surface area contributed by atoms with E-state index in [1.807, 2.05) is 0 Å². The van der Waals surface area contributed by atoms with Gasteiger partial charge in [0.05, 0.1) is 22.5 Å². The van der Waals surface area contributed by atoms with Crippen LogP contribution < -0.4 is 16.2 Å². The summed E-state index contributed by atoms with van der Waals surface area (Å²) >= 11 is 11.9. The third kappa shape index (κ3) is 7.92. The highest BCUT2D eigenvalue weighted by molar-refractivity contribution is 7.88. The van der Waals surface area contributed by atoms with E-state index in [2.05, 4.69) is 20.5 Å². The second-order valence-electron chi connectivity index (χ2n) is 10.6. The van der Waals surface area contributed by atoms with Crippen LogP contribution in [-0.4, -0.2) is 83.1 Å². The molecule has 0 radical (unpaired) electrons. The zero-order valence-electron chi connectivity index (χ0n) is 24.6. The number of piperazine rings is 1. The number of rotatable bonds is 9.